The zero-order chi connectivity index (χ0) is 18.7. The molecule has 0 unspecified atom stereocenters. The van der Waals surface area contributed by atoms with Crippen molar-refractivity contribution in [2.24, 2.45) is 0 Å². The summed E-state index contributed by atoms with van der Waals surface area (Å²) >= 11 is 12.2. The molecule has 2 aromatic carbocycles. The van der Waals surface area contributed by atoms with Gasteiger partial charge in [-0.25, -0.2) is 9.97 Å². The predicted octanol–water partition coefficient (Wildman–Crippen LogP) is 5.40. The number of hydrogen-bond acceptors (Lipinski definition) is 4. The highest BCUT2D eigenvalue weighted by molar-refractivity contribution is 6.43. The van der Waals surface area contributed by atoms with Crippen molar-refractivity contribution < 1.29 is 4.79 Å². The summed E-state index contributed by atoms with van der Waals surface area (Å²) in [6, 6.07) is 12.5. The topological polar surface area (TPSA) is 66.9 Å². The van der Waals surface area contributed by atoms with Crippen LogP contribution < -0.4 is 10.6 Å². The molecule has 2 N–H and O–H groups in total. The molecule has 0 saturated carbocycles. The zero-order valence-electron chi connectivity index (χ0n) is 14.2. The van der Waals surface area contributed by atoms with Gasteiger partial charge in [-0.05, 0) is 49.2 Å². The largest absolute Gasteiger partial charge is 0.323 e. The number of aromatic nitrogens is 2. The molecule has 132 valence electrons. The molecule has 0 aliphatic heterocycles. The van der Waals surface area contributed by atoms with E-state index >= 15 is 0 Å². The van der Waals surface area contributed by atoms with Crippen molar-refractivity contribution in [1.29, 1.82) is 0 Å². The fraction of sp³-hybridized carbons (Fsp3) is 0.105. The Labute approximate surface area is 161 Å². The van der Waals surface area contributed by atoms with Gasteiger partial charge < -0.3 is 10.6 Å². The van der Waals surface area contributed by atoms with Crippen LogP contribution in [0.3, 0.4) is 0 Å². The first kappa shape index (κ1) is 18.2. The standard InChI is InChI=1S/C19H16Cl2N4O/c1-11-5-3-7-14(12(11)2)23-18(26)16-9-10-22-19(25-16)24-15-8-4-6-13(20)17(15)21/h3-10H,1-2H3,(H,23,26)(H,22,24,25). The van der Waals surface area contributed by atoms with Crippen LogP contribution in [-0.2, 0) is 0 Å². The highest BCUT2D eigenvalue weighted by atomic mass is 35.5. The van der Waals surface area contributed by atoms with Crippen LogP contribution in [0.4, 0.5) is 17.3 Å². The molecular weight excluding hydrogens is 371 g/mol. The van der Waals surface area contributed by atoms with Gasteiger partial charge in [-0.2, -0.15) is 0 Å². The van der Waals surface area contributed by atoms with Crippen LogP contribution in [0, 0.1) is 13.8 Å². The van der Waals surface area contributed by atoms with Crippen molar-refractivity contribution in [3.05, 3.63) is 75.5 Å². The Kier molecular flexibility index (Phi) is 5.40. The minimum absolute atomic E-state index is 0.238. The number of amides is 1. The number of nitrogens with zero attached hydrogens (tertiary/aromatic N) is 2. The van der Waals surface area contributed by atoms with Crippen molar-refractivity contribution in [3.8, 4) is 0 Å². The van der Waals surface area contributed by atoms with Crippen molar-refractivity contribution in [2.45, 2.75) is 13.8 Å². The highest BCUT2D eigenvalue weighted by Crippen LogP contribution is 2.30. The second kappa shape index (κ2) is 7.72. The Balaban J connectivity index is 1.81. The number of hydrogen-bond donors (Lipinski definition) is 2. The van der Waals surface area contributed by atoms with Crippen LogP contribution in [-0.4, -0.2) is 15.9 Å². The molecule has 1 heterocycles. The smallest absolute Gasteiger partial charge is 0.274 e. The Hall–Kier alpha value is -2.63. The summed E-state index contributed by atoms with van der Waals surface area (Å²) < 4.78 is 0. The van der Waals surface area contributed by atoms with Gasteiger partial charge in [0.1, 0.15) is 5.69 Å². The number of nitrogens with one attached hydrogen (secondary N) is 2. The molecule has 0 saturated heterocycles. The fourth-order valence-corrected chi connectivity index (χ4v) is 2.69. The van der Waals surface area contributed by atoms with Gasteiger partial charge in [0.25, 0.3) is 5.91 Å². The van der Waals surface area contributed by atoms with Crippen LogP contribution in [0.15, 0.2) is 48.7 Å². The monoisotopic (exact) mass is 386 g/mol. The van der Waals surface area contributed by atoms with E-state index in [0.29, 0.717) is 15.7 Å². The minimum Gasteiger partial charge on any atom is -0.323 e. The van der Waals surface area contributed by atoms with Crippen LogP contribution in [0.25, 0.3) is 0 Å². The molecular formula is C19H16Cl2N4O. The number of carbonyl (C=O) groups excluding carboxylic acids is 1. The molecule has 3 aromatic rings. The normalized spacial score (nSPS) is 10.5. The van der Waals surface area contributed by atoms with Gasteiger partial charge in [0.15, 0.2) is 0 Å². The fourth-order valence-electron chi connectivity index (χ4n) is 2.34. The number of rotatable bonds is 4. The van der Waals surface area contributed by atoms with Gasteiger partial charge in [-0.1, -0.05) is 41.4 Å². The maximum Gasteiger partial charge on any atom is 0.274 e. The first-order valence-electron chi connectivity index (χ1n) is 7.87. The van der Waals surface area contributed by atoms with E-state index in [0.717, 1.165) is 16.8 Å². The highest BCUT2D eigenvalue weighted by Gasteiger charge is 2.12. The Morgan fingerprint density at radius 2 is 1.73 bits per heavy atom. The molecule has 0 radical (unpaired) electrons. The summed E-state index contributed by atoms with van der Waals surface area (Å²) in [6.07, 6.45) is 1.51. The molecule has 0 atom stereocenters. The second-order valence-corrected chi connectivity index (χ2v) is 6.48. The number of carbonyl (C=O) groups is 1. The lowest BCUT2D eigenvalue weighted by Crippen LogP contribution is -2.15. The van der Waals surface area contributed by atoms with E-state index in [4.69, 9.17) is 23.2 Å². The summed E-state index contributed by atoms with van der Waals surface area (Å²) in [5.74, 6) is -0.0656. The molecule has 0 fully saturated rings. The Morgan fingerprint density at radius 3 is 2.54 bits per heavy atom. The Morgan fingerprint density at radius 1 is 1.00 bits per heavy atom. The van der Waals surface area contributed by atoms with E-state index in [2.05, 4.69) is 20.6 Å². The van der Waals surface area contributed by atoms with E-state index in [1.165, 1.54) is 6.20 Å². The summed E-state index contributed by atoms with van der Waals surface area (Å²) in [5, 5.41) is 6.63. The molecule has 3 rings (SSSR count). The van der Waals surface area contributed by atoms with E-state index in [1.54, 1.807) is 24.3 Å². The molecule has 0 aliphatic rings. The Bertz CT molecular complexity index is 976. The first-order chi connectivity index (χ1) is 12.5. The number of benzene rings is 2. The molecule has 0 bridgehead atoms. The van der Waals surface area contributed by atoms with Gasteiger partial charge >= 0.3 is 0 Å². The van der Waals surface area contributed by atoms with E-state index in [9.17, 15) is 4.79 Å². The van der Waals surface area contributed by atoms with Gasteiger partial charge in [-0.15, -0.1) is 0 Å². The van der Waals surface area contributed by atoms with E-state index in [1.807, 2.05) is 32.0 Å². The maximum atomic E-state index is 12.5. The van der Waals surface area contributed by atoms with Gasteiger partial charge in [0, 0.05) is 11.9 Å². The molecule has 1 amide bonds. The predicted molar refractivity (Wildman–Crippen MR) is 106 cm³/mol. The summed E-state index contributed by atoms with van der Waals surface area (Å²) in [6.45, 7) is 3.95. The van der Waals surface area contributed by atoms with Crippen molar-refractivity contribution in [2.75, 3.05) is 10.6 Å². The van der Waals surface area contributed by atoms with Gasteiger partial charge in [0.05, 0.1) is 15.7 Å². The summed E-state index contributed by atoms with van der Waals surface area (Å²) in [4.78, 5) is 20.9. The van der Waals surface area contributed by atoms with Crippen LogP contribution in [0.5, 0.6) is 0 Å². The van der Waals surface area contributed by atoms with Crippen LogP contribution in [0.2, 0.25) is 10.0 Å². The summed E-state index contributed by atoms with van der Waals surface area (Å²) in [5.41, 5.74) is 3.66. The number of halogens is 2. The van der Waals surface area contributed by atoms with Crippen molar-refractivity contribution in [1.82, 2.24) is 9.97 Å². The third-order valence-corrected chi connectivity index (χ3v) is 4.76. The molecule has 1 aromatic heterocycles. The lowest BCUT2D eigenvalue weighted by Gasteiger charge is -2.11. The van der Waals surface area contributed by atoms with Crippen molar-refractivity contribution in [3.63, 3.8) is 0 Å². The van der Waals surface area contributed by atoms with Gasteiger partial charge in [-0.3, -0.25) is 4.79 Å². The SMILES string of the molecule is Cc1cccc(NC(=O)c2ccnc(Nc3cccc(Cl)c3Cl)n2)c1C. The molecule has 7 heteroatoms. The molecule has 5 nitrogen and oxygen atoms in total. The minimum atomic E-state index is -0.318. The number of aryl methyl sites for hydroxylation is 1. The first-order valence-corrected chi connectivity index (χ1v) is 8.63. The molecule has 0 spiro atoms. The van der Waals surface area contributed by atoms with Crippen LogP contribution >= 0.6 is 23.2 Å². The third kappa shape index (κ3) is 3.95. The van der Waals surface area contributed by atoms with E-state index < -0.39 is 0 Å². The summed E-state index contributed by atoms with van der Waals surface area (Å²) in [7, 11) is 0. The molecule has 0 aliphatic carbocycles. The van der Waals surface area contributed by atoms with Crippen LogP contribution in [0.1, 0.15) is 21.6 Å². The lowest BCUT2D eigenvalue weighted by molar-refractivity contribution is 0.102. The van der Waals surface area contributed by atoms with E-state index in [-0.39, 0.29) is 17.5 Å². The average Bonchev–Trinajstić information content (AvgIpc) is 2.63. The maximum absolute atomic E-state index is 12.5. The second-order valence-electron chi connectivity index (χ2n) is 5.69. The average molecular weight is 387 g/mol. The quantitative estimate of drug-likeness (QED) is 0.629. The van der Waals surface area contributed by atoms with Gasteiger partial charge in [0.2, 0.25) is 5.95 Å². The third-order valence-electron chi connectivity index (χ3n) is 3.94. The molecule has 26 heavy (non-hydrogen) atoms. The van der Waals surface area contributed by atoms with Crippen molar-refractivity contribution >= 4 is 46.4 Å². The zero-order valence-corrected chi connectivity index (χ0v) is 15.7. The lowest BCUT2D eigenvalue weighted by atomic mass is 10.1. The number of anilines is 3.